The highest BCUT2D eigenvalue weighted by Crippen LogP contribution is 2.25. The number of hydrogen-bond acceptors (Lipinski definition) is 6. The number of esters is 1. The molecule has 1 amide bonds. The second-order valence-electron chi connectivity index (χ2n) is 6.24. The molecule has 0 aliphatic carbocycles. The third kappa shape index (κ3) is 4.49. The smallest absolute Gasteiger partial charge is 0.342 e. The molecule has 1 atom stereocenters. The number of hydrogen-bond donors (Lipinski definition) is 1. The lowest BCUT2D eigenvalue weighted by Gasteiger charge is -2.15. The van der Waals surface area contributed by atoms with E-state index in [4.69, 9.17) is 9.47 Å². The van der Waals surface area contributed by atoms with Gasteiger partial charge in [0.15, 0.2) is 6.10 Å². The average molecular weight is 394 g/mol. The summed E-state index contributed by atoms with van der Waals surface area (Å²) in [6.45, 7) is 1.41. The zero-order valence-corrected chi connectivity index (χ0v) is 15.7. The number of methoxy groups -OCH3 is 1. The minimum atomic E-state index is -1.13. The lowest BCUT2D eigenvalue weighted by molar-refractivity contribution is -0.384. The van der Waals surface area contributed by atoms with Crippen LogP contribution in [-0.4, -0.2) is 30.0 Å². The molecule has 0 heterocycles. The van der Waals surface area contributed by atoms with Crippen molar-refractivity contribution >= 4 is 34.0 Å². The molecule has 1 N–H and O–H groups in total. The quantitative estimate of drug-likeness (QED) is 0.385. The summed E-state index contributed by atoms with van der Waals surface area (Å²) in [7, 11) is 1.33. The number of benzene rings is 3. The van der Waals surface area contributed by atoms with Crippen molar-refractivity contribution in [3.8, 4) is 5.75 Å². The van der Waals surface area contributed by atoms with E-state index in [0.29, 0.717) is 5.69 Å². The second kappa shape index (κ2) is 8.39. The fourth-order valence-electron chi connectivity index (χ4n) is 2.76. The van der Waals surface area contributed by atoms with Gasteiger partial charge in [0, 0.05) is 17.8 Å². The van der Waals surface area contributed by atoms with E-state index < -0.39 is 22.9 Å². The number of fused-ring (bicyclic) bond motifs is 1. The van der Waals surface area contributed by atoms with Gasteiger partial charge in [-0.05, 0) is 35.9 Å². The molecule has 0 aromatic heterocycles. The van der Waals surface area contributed by atoms with E-state index in [1.54, 1.807) is 6.07 Å². The van der Waals surface area contributed by atoms with Crippen LogP contribution < -0.4 is 10.1 Å². The summed E-state index contributed by atoms with van der Waals surface area (Å²) < 4.78 is 10.2. The van der Waals surface area contributed by atoms with Crippen LogP contribution >= 0.6 is 0 Å². The predicted octanol–water partition coefficient (Wildman–Crippen LogP) is 3.94. The van der Waals surface area contributed by atoms with Crippen LogP contribution in [0.4, 0.5) is 11.4 Å². The molecule has 0 aliphatic heterocycles. The summed E-state index contributed by atoms with van der Waals surface area (Å²) in [6.07, 6.45) is -1.13. The van der Waals surface area contributed by atoms with Gasteiger partial charge in [-0.25, -0.2) is 4.79 Å². The van der Waals surface area contributed by atoms with Gasteiger partial charge >= 0.3 is 5.97 Å². The zero-order valence-electron chi connectivity index (χ0n) is 15.7. The Morgan fingerprint density at radius 1 is 1.03 bits per heavy atom. The molecule has 0 unspecified atom stereocenters. The van der Waals surface area contributed by atoms with Gasteiger partial charge in [0.05, 0.1) is 12.0 Å². The van der Waals surface area contributed by atoms with Crippen LogP contribution in [0, 0.1) is 10.1 Å². The number of amides is 1. The van der Waals surface area contributed by atoms with Crippen LogP contribution in [-0.2, 0) is 9.53 Å². The van der Waals surface area contributed by atoms with Crippen molar-refractivity contribution in [2.75, 3.05) is 12.4 Å². The Kier molecular flexibility index (Phi) is 5.73. The maximum Gasteiger partial charge on any atom is 0.342 e. The summed E-state index contributed by atoms with van der Waals surface area (Å²) in [5.74, 6) is -1.31. The SMILES string of the molecule is COc1ccc([N+](=O)[O-])cc1C(=O)O[C@H](C)C(=O)Nc1ccc2ccccc2c1. The van der Waals surface area contributed by atoms with E-state index in [1.807, 2.05) is 36.4 Å². The lowest BCUT2D eigenvalue weighted by Crippen LogP contribution is -2.30. The van der Waals surface area contributed by atoms with E-state index in [2.05, 4.69) is 5.32 Å². The Bertz CT molecular complexity index is 1100. The van der Waals surface area contributed by atoms with Gasteiger partial charge in [-0.15, -0.1) is 0 Å². The normalized spacial score (nSPS) is 11.5. The lowest BCUT2D eigenvalue weighted by atomic mass is 10.1. The first-order chi connectivity index (χ1) is 13.9. The first-order valence-corrected chi connectivity index (χ1v) is 8.72. The summed E-state index contributed by atoms with van der Waals surface area (Å²) in [6, 6.07) is 16.7. The molecule has 8 nitrogen and oxygen atoms in total. The van der Waals surface area contributed by atoms with Crippen LogP contribution in [0.5, 0.6) is 5.75 Å². The van der Waals surface area contributed by atoms with Crippen molar-refractivity contribution in [2.45, 2.75) is 13.0 Å². The summed E-state index contributed by atoms with van der Waals surface area (Å²) in [5, 5.41) is 15.6. The second-order valence-corrected chi connectivity index (χ2v) is 6.24. The first kappa shape index (κ1) is 19.8. The fraction of sp³-hybridized carbons (Fsp3) is 0.143. The molecular formula is C21H18N2O6. The van der Waals surface area contributed by atoms with Gasteiger partial charge in [-0.2, -0.15) is 0 Å². The van der Waals surface area contributed by atoms with Crippen LogP contribution in [0.1, 0.15) is 17.3 Å². The molecule has 3 aromatic rings. The number of rotatable bonds is 6. The van der Waals surface area contributed by atoms with Crippen LogP contribution in [0.25, 0.3) is 10.8 Å². The van der Waals surface area contributed by atoms with E-state index >= 15 is 0 Å². The highest BCUT2D eigenvalue weighted by molar-refractivity contribution is 5.99. The number of non-ortho nitro benzene ring substituents is 1. The van der Waals surface area contributed by atoms with E-state index in [1.165, 1.54) is 26.2 Å². The molecule has 148 valence electrons. The molecule has 3 rings (SSSR count). The van der Waals surface area contributed by atoms with Crippen LogP contribution in [0.15, 0.2) is 60.7 Å². The topological polar surface area (TPSA) is 108 Å². The Labute approximate surface area is 166 Å². The van der Waals surface area contributed by atoms with Gasteiger partial charge in [-0.1, -0.05) is 30.3 Å². The van der Waals surface area contributed by atoms with Crippen molar-refractivity contribution in [3.63, 3.8) is 0 Å². The third-order valence-electron chi connectivity index (χ3n) is 4.28. The molecule has 0 bridgehead atoms. The Morgan fingerprint density at radius 2 is 1.76 bits per heavy atom. The van der Waals surface area contributed by atoms with Crippen molar-refractivity contribution in [3.05, 3.63) is 76.3 Å². The Morgan fingerprint density at radius 3 is 2.45 bits per heavy atom. The average Bonchev–Trinajstić information content (AvgIpc) is 2.72. The molecule has 0 radical (unpaired) electrons. The standard InChI is InChI=1S/C21H18N2O6/c1-13(20(24)22-16-8-7-14-5-3-4-6-15(14)11-16)29-21(25)18-12-17(23(26)27)9-10-19(18)28-2/h3-13H,1-2H3,(H,22,24)/t13-/m1/s1. The third-order valence-corrected chi connectivity index (χ3v) is 4.28. The molecule has 0 fully saturated rings. The van der Waals surface area contributed by atoms with Crippen LogP contribution in [0.2, 0.25) is 0 Å². The number of anilines is 1. The van der Waals surface area contributed by atoms with Gasteiger partial charge in [0.25, 0.3) is 11.6 Å². The monoisotopic (exact) mass is 394 g/mol. The number of nitrogens with one attached hydrogen (secondary N) is 1. The predicted molar refractivity (Wildman–Crippen MR) is 107 cm³/mol. The van der Waals surface area contributed by atoms with Crippen LogP contribution in [0.3, 0.4) is 0 Å². The van der Waals surface area contributed by atoms with Gasteiger partial charge in [-0.3, -0.25) is 14.9 Å². The molecule has 8 heteroatoms. The van der Waals surface area contributed by atoms with E-state index in [-0.39, 0.29) is 17.0 Å². The fourth-order valence-corrected chi connectivity index (χ4v) is 2.76. The number of nitro benzene ring substituents is 1. The number of carbonyl (C=O) groups is 2. The largest absolute Gasteiger partial charge is 0.496 e. The number of nitro groups is 1. The molecule has 0 saturated heterocycles. The van der Waals surface area contributed by atoms with E-state index in [0.717, 1.165) is 16.8 Å². The van der Waals surface area contributed by atoms with Crippen molar-refractivity contribution in [1.29, 1.82) is 0 Å². The number of nitrogens with zero attached hydrogens (tertiary/aromatic N) is 1. The maximum absolute atomic E-state index is 12.4. The van der Waals surface area contributed by atoms with E-state index in [9.17, 15) is 19.7 Å². The Hall–Kier alpha value is -3.94. The molecule has 3 aromatic carbocycles. The highest BCUT2D eigenvalue weighted by Gasteiger charge is 2.23. The highest BCUT2D eigenvalue weighted by atomic mass is 16.6. The van der Waals surface area contributed by atoms with Gasteiger partial charge < -0.3 is 14.8 Å². The molecule has 0 spiro atoms. The first-order valence-electron chi connectivity index (χ1n) is 8.72. The number of carbonyl (C=O) groups excluding carboxylic acids is 2. The summed E-state index contributed by atoms with van der Waals surface area (Å²) in [4.78, 5) is 35.2. The zero-order chi connectivity index (χ0) is 21.0. The van der Waals surface area contributed by atoms with Gasteiger partial charge in [0.1, 0.15) is 11.3 Å². The van der Waals surface area contributed by atoms with Gasteiger partial charge in [0.2, 0.25) is 0 Å². The van der Waals surface area contributed by atoms with Crippen molar-refractivity contribution in [2.24, 2.45) is 0 Å². The maximum atomic E-state index is 12.4. The minimum absolute atomic E-state index is 0.114. The summed E-state index contributed by atoms with van der Waals surface area (Å²) in [5.41, 5.74) is 0.141. The number of ether oxygens (including phenoxy) is 2. The molecular weight excluding hydrogens is 376 g/mol. The molecule has 0 aliphatic rings. The van der Waals surface area contributed by atoms with Crippen molar-refractivity contribution in [1.82, 2.24) is 0 Å². The Balaban J connectivity index is 1.72. The minimum Gasteiger partial charge on any atom is -0.496 e. The van der Waals surface area contributed by atoms with Crippen molar-refractivity contribution < 1.29 is 24.0 Å². The molecule has 0 saturated carbocycles. The molecule has 29 heavy (non-hydrogen) atoms. The summed E-state index contributed by atoms with van der Waals surface area (Å²) >= 11 is 0.